The number of rotatable bonds is 9. The molecule has 0 bridgehead atoms. The molecule has 22 heavy (non-hydrogen) atoms. The Balaban J connectivity index is 3.03. The topological polar surface area (TPSA) is 52.6 Å². The lowest BCUT2D eigenvalue weighted by atomic mass is 9.78. The number of benzene rings is 1. The van der Waals surface area contributed by atoms with E-state index >= 15 is 0 Å². The third-order valence-electron chi connectivity index (χ3n) is 3.83. The van der Waals surface area contributed by atoms with Gasteiger partial charge in [0.05, 0.1) is 7.11 Å². The number of hydrogen-bond acceptors (Lipinski definition) is 4. The molecule has 0 aromatic heterocycles. The lowest BCUT2D eigenvalue weighted by molar-refractivity contribution is -0.166. The summed E-state index contributed by atoms with van der Waals surface area (Å²) in [5.74, 6) is -0.545. The van der Waals surface area contributed by atoms with Crippen LogP contribution in [-0.2, 0) is 14.3 Å². The first kappa shape index (κ1) is 18.2. The summed E-state index contributed by atoms with van der Waals surface area (Å²) in [7, 11) is 1.32. The molecule has 1 rings (SSSR count). The Labute approximate surface area is 132 Å². The second-order valence-electron chi connectivity index (χ2n) is 5.48. The molecule has 0 saturated heterocycles. The van der Waals surface area contributed by atoms with Crippen LogP contribution in [0.25, 0.3) is 0 Å². The van der Waals surface area contributed by atoms with E-state index in [0.29, 0.717) is 18.6 Å². The zero-order valence-corrected chi connectivity index (χ0v) is 13.8. The molecule has 0 N–H and O–H groups in total. The molecule has 1 aromatic carbocycles. The fraction of sp³-hybridized carbons (Fsp3) is 0.556. The van der Waals surface area contributed by atoms with E-state index in [9.17, 15) is 9.59 Å². The van der Waals surface area contributed by atoms with Gasteiger partial charge in [0.25, 0.3) is 0 Å². The van der Waals surface area contributed by atoms with Gasteiger partial charge in [-0.1, -0.05) is 57.7 Å². The molecule has 0 aliphatic heterocycles. The molecule has 0 spiro atoms. The largest absolute Gasteiger partial charge is 0.468 e. The summed E-state index contributed by atoms with van der Waals surface area (Å²) < 4.78 is 10.4. The molecule has 0 heterocycles. The Bertz CT molecular complexity index is 459. The highest BCUT2D eigenvalue weighted by Gasteiger charge is 2.47. The average Bonchev–Trinajstić information content (AvgIpc) is 2.55. The van der Waals surface area contributed by atoms with E-state index in [1.807, 2.05) is 19.9 Å². The highest BCUT2D eigenvalue weighted by Crippen LogP contribution is 2.35. The van der Waals surface area contributed by atoms with Gasteiger partial charge in [0.2, 0.25) is 0 Å². The predicted octanol–water partition coefficient (Wildman–Crippen LogP) is 4.13. The molecule has 1 aromatic rings. The van der Waals surface area contributed by atoms with E-state index in [2.05, 4.69) is 0 Å². The SMILES string of the molecule is CCCCC(CCCC)(C(=O)OC)C(=O)Oc1ccccc1. The van der Waals surface area contributed by atoms with Crippen LogP contribution in [0.1, 0.15) is 52.4 Å². The number of methoxy groups -OCH3 is 1. The molecule has 0 unspecified atom stereocenters. The van der Waals surface area contributed by atoms with Crippen LogP contribution in [0, 0.1) is 5.41 Å². The molecule has 0 amide bonds. The van der Waals surface area contributed by atoms with E-state index in [-0.39, 0.29) is 0 Å². The number of para-hydroxylation sites is 1. The third-order valence-corrected chi connectivity index (χ3v) is 3.83. The summed E-state index contributed by atoms with van der Waals surface area (Å²) in [6, 6.07) is 8.85. The van der Waals surface area contributed by atoms with Crippen LogP contribution in [0.3, 0.4) is 0 Å². The monoisotopic (exact) mass is 306 g/mol. The van der Waals surface area contributed by atoms with Crippen molar-refractivity contribution in [3.8, 4) is 5.75 Å². The summed E-state index contributed by atoms with van der Waals surface area (Å²) in [5, 5.41) is 0. The Kier molecular flexibility index (Phi) is 7.64. The van der Waals surface area contributed by atoms with Gasteiger partial charge in [0.15, 0.2) is 5.41 Å². The van der Waals surface area contributed by atoms with Crippen molar-refractivity contribution in [3.63, 3.8) is 0 Å². The highest BCUT2D eigenvalue weighted by atomic mass is 16.6. The summed E-state index contributed by atoms with van der Waals surface area (Å²) >= 11 is 0. The quantitative estimate of drug-likeness (QED) is 0.391. The Hall–Kier alpha value is -1.84. The number of ether oxygens (including phenoxy) is 2. The summed E-state index contributed by atoms with van der Waals surface area (Å²) in [6.45, 7) is 4.06. The van der Waals surface area contributed by atoms with Crippen LogP contribution in [0.4, 0.5) is 0 Å². The normalized spacial score (nSPS) is 11.0. The van der Waals surface area contributed by atoms with Crippen LogP contribution in [0.15, 0.2) is 30.3 Å². The second-order valence-corrected chi connectivity index (χ2v) is 5.48. The van der Waals surface area contributed by atoms with Crippen molar-refractivity contribution in [1.82, 2.24) is 0 Å². The lowest BCUT2D eigenvalue weighted by Gasteiger charge is -2.28. The minimum atomic E-state index is -1.20. The minimum absolute atomic E-state index is 0.453. The Morgan fingerprint density at radius 3 is 1.95 bits per heavy atom. The second kappa shape index (κ2) is 9.23. The van der Waals surface area contributed by atoms with Gasteiger partial charge in [-0.05, 0) is 25.0 Å². The maximum absolute atomic E-state index is 12.7. The Morgan fingerprint density at radius 1 is 0.955 bits per heavy atom. The molecule has 0 atom stereocenters. The molecule has 0 aliphatic rings. The molecule has 0 fully saturated rings. The van der Waals surface area contributed by atoms with Crippen molar-refractivity contribution in [2.24, 2.45) is 5.41 Å². The van der Waals surface area contributed by atoms with Crippen molar-refractivity contribution in [3.05, 3.63) is 30.3 Å². The molecule has 122 valence electrons. The van der Waals surface area contributed by atoms with Crippen molar-refractivity contribution in [1.29, 1.82) is 0 Å². The Morgan fingerprint density at radius 2 is 1.50 bits per heavy atom. The minimum Gasteiger partial charge on any atom is -0.468 e. The van der Waals surface area contributed by atoms with E-state index in [1.165, 1.54) is 7.11 Å². The van der Waals surface area contributed by atoms with E-state index < -0.39 is 17.4 Å². The zero-order valence-electron chi connectivity index (χ0n) is 13.8. The van der Waals surface area contributed by atoms with Crippen molar-refractivity contribution in [2.45, 2.75) is 52.4 Å². The van der Waals surface area contributed by atoms with Gasteiger partial charge in [-0.3, -0.25) is 9.59 Å². The number of esters is 2. The van der Waals surface area contributed by atoms with Crippen LogP contribution >= 0.6 is 0 Å². The van der Waals surface area contributed by atoms with Gasteiger partial charge >= 0.3 is 11.9 Å². The number of hydrogen-bond donors (Lipinski definition) is 0. The number of carbonyl (C=O) groups is 2. The maximum Gasteiger partial charge on any atom is 0.328 e. The first-order valence-corrected chi connectivity index (χ1v) is 7.96. The van der Waals surface area contributed by atoms with Crippen molar-refractivity contribution >= 4 is 11.9 Å². The molecule has 4 nitrogen and oxygen atoms in total. The van der Waals surface area contributed by atoms with E-state index in [0.717, 1.165) is 25.7 Å². The molecule has 0 radical (unpaired) electrons. The van der Waals surface area contributed by atoms with Gasteiger partial charge in [-0.2, -0.15) is 0 Å². The molecule has 0 saturated carbocycles. The van der Waals surface area contributed by atoms with Crippen molar-refractivity contribution in [2.75, 3.05) is 7.11 Å². The van der Waals surface area contributed by atoms with Gasteiger partial charge in [0.1, 0.15) is 5.75 Å². The van der Waals surface area contributed by atoms with Gasteiger partial charge in [-0.25, -0.2) is 0 Å². The summed E-state index contributed by atoms with van der Waals surface area (Å²) in [5.41, 5.74) is -1.20. The van der Waals surface area contributed by atoms with Crippen LogP contribution < -0.4 is 4.74 Å². The summed E-state index contributed by atoms with van der Waals surface area (Å²) in [4.78, 5) is 25.1. The van der Waals surface area contributed by atoms with E-state index in [4.69, 9.17) is 9.47 Å². The fourth-order valence-electron chi connectivity index (χ4n) is 2.46. The van der Waals surface area contributed by atoms with Crippen molar-refractivity contribution < 1.29 is 19.1 Å². The smallest absolute Gasteiger partial charge is 0.328 e. The molecule has 4 heteroatoms. The zero-order chi connectivity index (χ0) is 16.4. The average molecular weight is 306 g/mol. The predicted molar refractivity (Wildman–Crippen MR) is 85.6 cm³/mol. The summed E-state index contributed by atoms with van der Waals surface area (Å²) in [6.07, 6.45) is 4.29. The molecular formula is C18H26O4. The third kappa shape index (κ3) is 4.58. The molecule has 0 aliphatic carbocycles. The van der Waals surface area contributed by atoms with Gasteiger partial charge < -0.3 is 9.47 Å². The van der Waals surface area contributed by atoms with Crippen LogP contribution in [-0.4, -0.2) is 19.0 Å². The number of unbranched alkanes of at least 4 members (excludes halogenated alkanes) is 2. The first-order valence-electron chi connectivity index (χ1n) is 7.96. The highest BCUT2D eigenvalue weighted by molar-refractivity contribution is 6.00. The van der Waals surface area contributed by atoms with Crippen LogP contribution in [0.5, 0.6) is 5.75 Å². The maximum atomic E-state index is 12.7. The van der Waals surface area contributed by atoms with Gasteiger partial charge in [-0.15, -0.1) is 0 Å². The molecular weight excluding hydrogens is 280 g/mol. The van der Waals surface area contributed by atoms with E-state index in [1.54, 1.807) is 24.3 Å². The van der Waals surface area contributed by atoms with Crippen LogP contribution in [0.2, 0.25) is 0 Å². The number of carbonyl (C=O) groups excluding carboxylic acids is 2. The standard InChI is InChI=1S/C18H26O4/c1-4-6-13-18(14-7-5-2,16(19)21-3)17(20)22-15-11-9-8-10-12-15/h8-12H,4-7,13-14H2,1-3H3. The first-order chi connectivity index (χ1) is 10.6. The fourth-order valence-corrected chi connectivity index (χ4v) is 2.46. The van der Waals surface area contributed by atoms with Gasteiger partial charge in [0, 0.05) is 0 Å². The lowest BCUT2D eigenvalue weighted by Crippen LogP contribution is -2.43.